The average Bonchev–Trinajstić information content (AvgIpc) is 2.66. The summed E-state index contributed by atoms with van der Waals surface area (Å²) in [5, 5.41) is 2.91. The normalized spacial score (nSPS) is 11.1. The van der Waals surface area contributed by atoms with Crippen LogP contribution < -0.4 is 10.0 Å². The second-order valence-corrected chi connectivity index (χ2v) is 8.12. The lowest BCUT2D eigenvalue weighted by atomic mass is 10.1. The maximum atomic E-state index is 13.2. The fraction of sp³-hybridized carbons (Fsp3) is 0.0500. The van der Waals surface area contributed by atoms with Crippen molar-refractivity contribution < 1.29 is 17.6 Å². The van der Waals surface area contributed by atoms with Crippen LogP contribution in [0.2, 0.25) is 5.02 Å². The first-order valence-electron chi connectivity index (χ1n) is 8.21. The highest BCUT2D eigenvalue weighted by Crippen LogP contribution is 2.24. The summed E-state index contributed by atoms with van der Waals surface area (Å²) in [5.41, 5.74) is 1.37. The van der Waals surface area contributed by atoms with Gasteiger partial charge in [-0.2, -0.15) is 0 Å². The number of carbonyl (C=O) groups is 1. The van der Waals surface area contributed by atoms with E-state index in [2.05, 4.69) is 10.0 Å². The van der Waals surface area contributed by atoms with E-state index >= 15 is 0 Å². The molecule has 2 N–H and O–H groups in total. The van der Waals surface area contributed by atoms with Crippen LogP contribution in [0.5, 0.6) is 0 Å². The molecular weight excluding hydrogens is 403 g/mol. The standard InChI is InChI=1S/C20H16ClFN2O3S/c1-13-11-15(22)9-10-18(13)23-20(25)14-5-4-6-16(12-14)28(26,27)24-19-8-3-2-7-17(19)21/h2-12,24H,1H3,(H,23,25). The summed E-state index contributed by atoms with van der Waals surface area (Å²) in [7, 11) is -3.94. The van der Waals surface area contributed by atoms with Gasteiger partial charge in [-0.3, -0.25) is 9.52 Å². The van der Waals surface area contributed by atoms with Gasteiger partial charge in [0.05, 0.1) is 15.6 Å². The van der Waals surface area contributed by atoms with Gasteiger partial charge in [-0.15, -0.1) is 0 Å². The van der Waals surface area contributed by atoms with Gasteiger partial charge in [-0.05, 0) is 61.0 Å². The molecule has 8 heteroatoms. The van der Waals surface area contributed by atoms with Gasteiger partial charge < -0.3 is 5.32 Å². The second kappa shape index (κ2) is 8.00. The largest absolute Gasteiger partial charge is 0.322 e. The van der Waals surface area contributed by atoms with Gasteiger partial charge >= 0.3 is 0 Å². The predicted molar refractivity (Wildman–Crippen MR) is 108 cm³/mol. The number of rotatable bonds is 5. The van der Waals surface area contributed by atoms with Crippen molar-refractivity contribution in [3.63, 3.8) is 0 Å². The van der Waals surface area contributed by atoms with E-state index in [-0.39, 0.29) is 21.2 Å². The van der Waals surface area contributed by atoms with Gasteiger partial charge in [0.15, 0.2) is 0 Å². The Morgan fingerprint density at radius 3 is 2.43 bits per heavy atom. The highest BCUT2D eigenvalue weighted by atomic mass is 35.5. The molecule has 0 atom stereocenters. The molecule has 3 aromatic rings. The number of benzene rings is 3. The minimum atomic E-state index is -3.94. The number of hydrogen-bond acceptors (Lipinski definition) is 3. The van der Waals surface area contributed by atoms with Gasteiger partial charge in [0, 0.05) is 11.3 Å². The number of nitrogens with one attached hydrogen (secondary N) is 2. The Morgan fingerprint density at radius 2 is 1.71 bits per heavy atom. The molecule has 3 rings (SSSR count). The van der Waals surface area contributed by atoms with Crippen LogP contribution in [0.1, 0.15) is 15.9 Å². The molecule has 28 heavy (non-hydrogen) atoms. The molecule has 3 aromatic carbocycles. The van der Waals surface area contributed by atoms with Crippen molar-refractivity contribution in [2.75, 3.05) is 10.0 Å². The second-order valence-electron chi connectivity index (χ2n) is 6.03. The van der Waals surface area contributed by atoms with Crippen molar-refractivity contribution in [2.45, 2.75) is 11.8 Å². The fourth-order valence-electron chi connectivity index (χ4n) is 2.51. The quantitative estimate of drug-likeness (QED) is 0.622. The topological polar surface area (TPSA) is 75.3 Å². The van der Waals surface area contributed by atoms with E-state index in [1.807, 2.05) is 0 Å². The molecule has 0 aliphatic carbocycles. The number of para-hydroxylation sites is 1. The summed E-state index contributed by atoms with van der Waals surface area (Å²) >= 11 is 6.00. The monoisotopic (exact) mass is 418 g/mol. The minimum Gasteiger partial charge on any atom is -0.322 e. The first-order chi connectivity index (χ1) is 13.3. The van der Waals surface area contributed by atoms with Crippen LogP contribution >= 0.6 is 11.6 Å². The predicted octanol–water partition coefficient (Wildman–Crippen LogP) is 4.84. The van der Waals surface area contributed by atoms with Crippen molar-refractivity contribution in [2.24, 2.45) is 0 Å². The Balaban J connectivity index is 1.85. The third-order valence-corrected chi connectivity index (χ3v) is 5.65. The highest BCUT2D eigenvalue weighted by Gasteiger charge is 2.18. The summed E-state index contributed by atoms with van der Waals surface area (Å²) < 4.78 is 40.9. The van der Waals surface area contributed by atoms with Crippen LogP contribution in [0.4, 0.5) is 15.8 Å². The lowest BCUT2D eigenvalue weighted by Gasteiger charge is -2.11. The molecule has 0 aliphatic heterocycles. The van der Waals surface area contributed by atoms with Crippen LogP contribution in [0, 0.1) is 12.7 Å². The molecule has 0 aliphatic rings. The summed E-state index contributed by atoms with van der Waals surface area (Å²) in [6, 6.07) is 16.0. The molecule has 0 aromatic heterocycles. The Hall–Kier alpha value is -2.90. The first-order valence-corrected chi connectivity index (χ1v) is 10.1. The molecule has 0 fully saturated rings. The third-order valence-electron chi connectivity index (χ3n) is 3.96. The number of sulfonamides is 1. The van der Waals surface area contributed by atoms with Gasteiger partial charge in [0.25, 0.3) is 15.9 Å². The van der Waals surface area contributed by atoms with E-state index < -0.39 is 21.7 Å². The molecule has 0 saturated carbocycles. The Morgan fingerprint density at radius 1 is 0.964 bits per heavy atom. The van der Waals surface area contributed by atoms with Crippen LogP contribution in [-0.2, 0) is 10.0 Å². The molecule has 144 valence electrons. The van der Waals surface area contributed by atoms with E-state index in [0.29, 0.717) is 11.3 Å². The van der Waals surface area contributed by atoms with Crippen LogP contribution in [-0.4, -0.2) is 14.3 Å². The van der Waals surface area contributed by atoms with E-state index in [1.165, 1.54) is 48.5 Å². The smallest absolute Gasteiger partial charge is 0.261 e. The van der Waals surface area contributed by atoms with Crippen molar-refractivity contribution in [1.82, 2.24) is 0 Å². The number of carbonyl (C=O) groups excluding carboxylic acids is 1. The molecule has 0 heterocycles. The summed E-state index contributed by atoms with van der Waals surface area (Å²) in [6.07, 6.45) is 0. The Bertz CT molecular complexity index is 1150. The number of hydrogen-bond donors (Lipinski definition) is 2. The number of halogens is 2. The molecule has 0 bridgehead atoms. The van der Waals surface area contributed by atoms with Crippen LogP contribution in [0.15, 0.2) is 71.6 Å². The molecule has 1 amide bonds. The van der Waals surface area contributed by atoms with Gasteiger partial charge in [-0.1, -0.05) is 29.8 Å². The summed E-state index contributed by atoms with van der Waals surface area (Å²) in [6.45, 7) is 1.66. The summed E-state index contributed by atoms with van der Waals surface area (Å²) in [5.74, 6) is -0.918. The van der Waals surface area contributed by atoms with Crippen molar-refractivity contribution >= 4 is 38.9 Å². The zero-order valence-corrected chi connectivity index (χ0v) is 16.3. The summed E-state index contributed by atoms with van der Waals surface area (Å²) in [4.78, 5) is 12.4. The van der Waals surface area contributed by atoms with E-state index in [0.717, 1.165) is 0 Å². The number of anilines is 2. The van der Waals surface area contributed by atoms with Crippen LogP contribution in [0.3, 0.4) is 0 Å². The van der Waals surface area contributed by atoms with E-state index in [9.17, 15) is 17.6 Å². The molecular formula is C20H16ClFN2O3S. The number of amides is 1. The third kappa shape index (κ3) is 4.49. The average molecular weight is 419 g/mol. The molecule has 5 nitrogen and oxygen atoms in total. The van der Waals surface area contributed by atoms with Gasteiger partial charge in [0.2, 0.25) is 0 Å². The lowest BCUT2D eigenvalue weighted by Crippen LogP contribution is -2.16. The molecule has 0 radical (unpaired) electrons. The maximum Gasteiger partial charge on any atom is 0.261 e. The first kappa shape index (κ1) is 19.9. The minimum absolute atomic E-state index is 0.0871. The Kier molecular flexibility index (Phi) is 5.67. The Labute approximate surface area is 167 Å². The van der Waals surface area contributed by atoms with E-state index in [1.54, 1.807) is 25.1 Å². The zero-order valence-electron chi connectivity index (χ0n) is 14.7. The lowest BCUT2D eigenvalue weighted by molar-refractivity contribution is 0.102. The van der Waals surface area contributed by atoms with Crippen LogP contribution in [0.25, 0.3) is 0 Å². The zero-order chi connectivity index (χ0) is 20.3. The number of aryl methyl sites for hydroxylation is 1. The van der Waals surface area contributed by atoms with Crippen molar-refractivity contribution in [3.8, 4) is 0 Å². The molecule has 0 saturated heterocycles. The van der Waals surface area contributed by atoms with Gasteiger partial charge in [0.1, 0.15) is 5.82 Å². The van der Waals surface area contributed by atoms with Gasteiger partial charge in [-0.25, -0.2) is 12.8 Å². The van der Waals surface area contributed by atoms with Crippen molar-refractivity contribution in [1.29, 1.82) is 0 Å². The maximum absolute atomic E-state index is 13.2. The molecule has 0 spiro atoms. The highest BCUT2D eigenvalue weighted by molar-refractivity contribution is 7.92. The van der Waals surface area contributed by atoms with Crippen molar-refractivity contribution in [3.05, 3.63) is 88.7 Å². The van der Waals surface area contributed by atoms with E-state index in [4.69, 9.17) is 11.6 Å². The molecule has 0 unspecified atom stereocenters. The fourth-order valence-corrected chi connectivity index (χ4v) is 3.88. The SMILES string of the molecule is Cc1cc(F)ccc1NC(=O)c1cccc(S(=O)(=O)Nc2ccccc2Cl)c1.